The van der Waals surface area contributed by atoms with Crippen molar-refractivity contribution >= 4 is 28.5 Å². The van der Waals surface area contributed by atoms with Crippen LogP contribution in [-0.2, 0) is 16.0 Å². The number of nitrogens with zero attached hydrogens (tertiary/aromatic N) is 2. The molecule has 0 aromatic heterocycles. The first kappa shape index (κ1) is 31.2. The molecule has 0 saturated carbocycles. The van der Waals surface area contributed by atoms with Gasteiger partial charge in [0.15, 0.2) is 0 Å². The van der Waals surface area contributed by atoms with Crippen LogP contribution in [0.4, 0.5) is 0 Å². The first-order valence-corrected chi connectivity index (χ1v) is 15.5. The fraction of sp³-hybridized carbons (Fsp3) is 0.457. The molecule has 3 aromatic rings. The number of hydrogen-bond donors (Lipinski definition) is 2. The summed E-state index contributed by atoms with van der Waals surface area (Å²) in [7, 11) is 1.84. The predicted molar refractivity (Wildman–Crippen MR) is 169 cm³/mol. The Kier molecular flexibility index (Phi) is 11.1. The van der Waals surface area contributed by atoms with E-state index < -0.39 is 11.9 Å². The Morgan fingerprint density at radius 2 is 1.79 bits per heavy atom. The first-order valence-electron chi connectivity index (χ1n) is 15.5. The molecule has 7 heteroatoms. The van der Waals surface area contributed by atoms with Crippen LogP contribution in [0.15, 0.2) is 66.7 Å². The van der Waals surface area contributed by atoms with Gasteiger partial charge in [-0.05, 0) is 60.1 Å². The Bertz CT molecular complexity index is 1360. The van der Waals surface area contributed by atoms with E-state index in [0.717, 1.165) is 48.6 Å². The highest BCUT2D eigenvalue weighted by Crippen LogP contribution is 2.27. The highest BCUT2D eigenvalue weighted by Gasteiger charge is 2.33. The molecule has 0 spiro atoms. The molecule has 0 bridgehead atoms. The van der Waals surface area contributed by atoms with Gasteiger partial charge in [-0.15, -0.1) is 0 Å². The quantitative estimate of drug-likeness (QED) is 0.293. The van der Waals surface area contributed by atoms with Crippen molar-refractivity contribution < 1.29 is 14.4 Å². The lowest BCUT2D eigenvalue weighted by atomic mass is 9.92. The van der Waals surface area contributed by atoms with Crippen LogP contribution in [0.3, 0.4) is 0 Å². The van der Waals surface area contributed by atoms with Crippen LogP contribution in [0.1, 0.15) is 79.8 Å². The van der Waals surface area contributed by atoms with Crippen molar-refractivity contribution in [2.75, 3.05) is 26.7 Å². The molecule has 3 unspecified atom stereocenters. The second-order valence-electron chi connectivity index (χ2n) is 11.6. The van der Waals surface area contributed by atoms with Crippen LogP contribution in [0, 0.1) is 0 Å². The predicted octanol–water partition coefficient (Wildman–Crippen LogP) is 5.27. The van der Waals surface area contributed by atoms with Crippen LogP contribution >= 0.6 is 0 Å². The molecule has 1 aliphatic rings. The van der Waals surface area contributed by atoms with E-state index in [9.17, 15) is 14.4 Å². The van der Waals surface area contributed by atoms with Crippen molar-refractivity contribution in [1.82, 2.24) is 15.1 Å². The largest absolute Gasteiger partial charge is 0.366 e. The van der Waals surface area contributed by atoms with E-state index in [2.05, 4.69) is 31.3 Å². The maximum Gasteiger partial charge on any atom is 0.248 e. The summed E-state index contributed by atoms with van der Waals surface area (Å²) in [4.78, 5) is 43.2. The Morgan fingerprint density at radius 1 is 1.05 bits per heavy atom. The lowest BCUT2D eigenvalue weighted by Gasteiger charge is -2.29. The van der Waals surface area contributed by atoms with Crippen LogP contribution < -0.4 is 11.1 Å². The van der Waals surface area contributed by atoms with E-state index in [1.165, 1.54) is 5.56 Å². The number of nitrogens with two attached hydrogens (primary N) is 1. The number of benzene rings is 3. The van der Waals surface area contributed by atoms with E-state index in [0.29, 0.717) is 37.9 Å². The van der Waals surface area contributed by atoms with Crippen molar-refractivity contribution in [2.45, 2.75) is 76.8 Å². The monoisotopic (exact) mass is 570 g/mol. The molecule has 0 radical (unpaired) electrons. The van der Waals surface area contributed by atoms with Gasteiger partial charge in [-0.1, -0.05) is 80.9 Å². The van der Waals surface area contributed by atoms with Crippen molar-refractivity contribution in [2.24, 2.45) is 5.73 Å². The van der Waals surface area contributed by atoms with E-state index in [1.807, 2.05) is 66.5 Å². The summed E-state index contributed by atoms with van der Waals surface area (Å²) in [5.74, 6) is -0.114. The fourth-order valence-corrected chi connectivity index (χ4v) is 6.10. The van der Waals surface area contributed by atoms with Crippen molar-refractivity contribution in [3.63, 3.8) is 0 Å². The number of nitrogens with one attached hydrogen (secondary N) is 1. The summed E-state index contributed by atoms with van der Waals surface area (Å²) in [5.41, 5.74) is 8.47. The Labute approximate surface area is 250 Å². The third-order valence-electron chi connectivity index (χ3n) is 8.67. The molecular weight excluding hydrogens is 524 g/mol. The summed E-state index contributed by atoms with van der Waals surface area (Å²) in [5, 5.41) is 5.68. The SMILES string of the molecule is CCCCN(C)C(=O)CCC1NC(Cc2c(C(N)=O)ccc3ccccc23)CCN(CC(CC)c2ccccc2)C1=O. The van der Waals surface area contributed by atoms with Gasteiger partial charge in [0.05, 0.1) is 6.04 Å². The van der Waals surface area contributed by atoms with Gasteiger partial charge in [0, 0.05) is 50.6 Å². The number of hydrogen-bond acceptors (Lipinski definition) is 4. The van der Waals surface area contributed by atoms with E-state index in [1.54, 1.807) is 4.90 Å². The summed E-state index contributed by atoms with van der Waals surface area (Å²) >= 11 is 0. The maximum atomic E-state index is 14.0. The summed E-state index contributed by atoms with van der Waals surface area (Å²) < 4.78 is 0. The number of amides is 3. The molecule has 3 N–H and O–H groups in total. The molecule has 42 heavy (non-hydrogen) atoms. The standard InChI is InChI=1S/C35H46N4O3/c1-4-6-21-38(3)33(40)19-18-32-35(42)39(24-25(5-2)26-12-8-7-9-13-26)22-20-28(37-32)23-31-29-15-11-10-14-27(29)16-17-30(31)34(36)41/h7-17,25,28,32,37H,4-6,18-24H2,1-3H3,(H2,36,41). The van der Waals surface area contributed by atoms with Gasteiger partial charge in [0.2, 0.25) is 17.7 Å². The third kappa shape index (κ3) is 7.77. The first-order chi connectivity index (χ1) is 20.3. The maximum absolute atomic E-state index is 14.0. The summed E-state index contributed by atoms with van der Waals surface area (Å²) in [6.45, 7) is 6.24. The minimum absolute atomic E-state index is 0.0453. The zero-order chi connectivity index (χ0) is 30.1. The van der Waals surface area contributed by atoms with Gasteiger partial charge in [-0.2, -0.15) is 0 Å². The Morgan fingerprint density at radius 3 is 2.50 bits per heavy atom. The highest BCUT2D eigenvalue weighted by molar-refractivity contribution is 6.00. The molecule has 7 nitrogen and oxygen atoms in total. The lowest BCUT2D eigenvalue weighted by Crippen LogP contribution is -2.47. The van der Waals surface area contributed by atoms with Crippen LogP contribution in [0.5, 0.6) is 0 Å². The zero-order valence-corrected chi connectivity index (χ0v) is 25.4. The van der Waals surface area contributed by atoms with Crippen molar-refractivity contribution in [3.8, 4) is 0 Å². The number of rotatable bonds is 13. The minimum atomic E-state index is -0.485. The zero-order valence-electron chi connectivity index (χ0n) is 25.4. The number of primary amides is 1. The molecule has 3 aromatic carbocycles. The molecule has 1 fully saturated rings. The average Bonchev–Trinajstić information content (AvgIpc) is 3.15. The van der Waals surface area contributed by atoms with E-state index >= 15 is 0 Å². The Hall–Kier alpha value is -3.71. The lowest BCUT2D eigenvalue weighted by molar-refractivity contribution is -0.134. The van der Waals surface area contributed by atoms with Crippen molar-refractivity contribution in [1.29, 1.82) is 0 Å². The number of fused-ring (bicyclic) bond motifs is 1. The van der Waals surface area contributed by atoms with Gasteiger partial charge >= 0.3 is 0 Å². The van der Waals surface area contributed by atoms with Crippen LogP contribution in [0.2, 0.25) is 0 Å². The molecular formula is C35H46N4O3. The Balaban J connectivity index is 1.59. The smallest absolute Gasteiger partial charge is 0.248 e. The molecule has 0 aliphatic carbocycles. The molecule has 1 heterocycles. The molecule has 1 aliphatic heterocycles. The molecule has 224 valence electrons. The molecule has 1 saturated heterocycles. The van der Waals surface area contributed by atoms with Crippen molar-refractivity contribution in [3.05, 3.63) is 83.4 Å². The average molecular weight is 571 g/mol. The normalized spacial score (nSPS) is 18.1. The van der Waals surface area contributed by atoms with Gasteiger partial charge in [-0.25, -0.2) is 0 Å². The summed E-state index contributed by atoms with van der Waals surface area (Å²) in [6, 6.07) is 21.6. The van der Waals surface area contributed by atoms with Gasteiger partial charge in [-0.3, -0.25) is 14.4 Å². The second kappa shape index (κ2) is 15.0. The van der Waals surface area contributed by atoms with Gasteiger partial charge in [0.25, 0.3) is 0 Å². The van der Waals surface area contributed by atoms with Crippen LogP contribution in [-0.4, -0.2) is 66.3 Å². The van der Waals surface area contributed by atoms with Gasteiger partial charge < -0.3 is 20.9 Å². The highest BCUT2D eigenvalue weighted by atomic mass is 16.2. The number of carbonyl (C=O) groups excluding carboxylic acids is 3. The molecule has 4 rings (SSSR count). The summed E-state index contributed by atoms with van der Waals surface area (Å²) in [6.07, 6.45) is 4.95. The second-order valence-corrected chi connectivity index (χ2v) is 11.6. The topological polar surface area (TPSA) is 95.7 Å². The van der Waals surface area contributed by atoms with E-state index in [-0.39, 0.29) is 23.8 Å². The van der Waals surface area contributed by atoms with E-state index in [4.69, 9.17) is 5.73 Å². The minimum Gasteiger partial charge on any atom is -0.366 e. The number of unbranched alkanes of at least 4 members (excludes halogenated alkanes) is 1. The molecule has 3 amide bonds. The third-order valence-corrected chi connectivity index (χ3v) is 8.67. The number of carbonyl (C=O) groups is 3. The fourth-order valence-electron chi connectivity index (χ4n) is 6.10. The molecule has 3 atom stereocenters. The van der Waals surface area contributed by atoms with Crippen LogP contribution in [0.25, 0.3) is 10.8 Å². The van der Waals surface area contributed by atoms with Gasteiger partial charge in [0.1, 0.15) is 0 Å².